The Morgan fingerprint density at radius 1 is 1.12 bits per heavy atom. The van der Waals surface area contributed by atoms with Crippen LogP contribution in [0.1, 0.15) is 27.2 Å². The molecule has 1 fully saturated rings. The van der Waals surface area contributed by atoms with E-state index in [4.69, 9.17) is 13.9 Å². The monoisotopic (exact) mass is 351 g/mol. The summed E-state index contributed by atoms with van der Waals surface area (Å²) >= 11 is 0. The molecule has 1 heterocycles. The minimum atomic E-state index is -1.71. The molecule has 1 aliphatic rings. The lowest BCUT2D eigenvalue weighted by molar-refractivity contribution is 0.187. The van der Waals surface area contributed by atoms with Crippen LogP contribution in [0.15, 0.2) is 24.3 Å². The highest BCUT2D eigenvalue weighted by atomic mass is 28.4. The summed E-state index contributed by atoms with van der Waals surface area (Å²) in [7, 11) is 2.13. The largest absolute Gasteiger partial charge is 0.497 e. The first-order valence-corrected chi connectivity index (χ1v) is 11.7. The van der Waals surface area contributed by atoms with Crippen LogP contribution in [0.4, 0.5) is 0 Å². The molecule has 0 spiro atoms. The molecule has 0 radical (unpaired) electrons. The first-order chi connectivity index (χ1) is 11.1. The molecular formula is C19H33NO3Si. The van der Waals surface area contributed by atoms with E-state index in [-0.39, 0.29) is 5.04 Å². The summed E-state index contributed by atoms with van der Waals surface area (Å²) in [6.45, 7) is 13.2. The number of nitrogens with zero attached hydrogens (tertiary/aromatic N) is 1. The average molecular weight is 352 g/mol. The van der Waals surface area contributed by atoms with E-state index in [9.17, 15) is 0 Å². The average Bonchev–Trinajstić information content (AvgIpc) is 2.83. The molecule has 24 heavy (non-hydrogen) atoms. The highest BCUT2D eigenvalue weighted by molar-refractivity contribution is 6.74. The minimum absolute atomic E-state index is 0.253. The fourth-order valence-corrected chi connectivity index (χ4v) is 4.12. The molecule has 1 aromatic rings. The Kier molecular flexibility index (Phi) is 5.99. The zero-order valence-electron chi connectivity index (χ0n) is 16.3. The molecule has 2 rings (SSSR count). The summed E-state index contributed by atoms with van der Waals surface area (Å²) in [4.78, 5) is 2.36. The van der Waals surface area contributed by atoms with Crippen LogP contribution in [-0.2, 0) is 4.43 Å². The number of hydrogen-bond acceptors (Lipinski definition) is 4. The maximum Gasteiger partial charge on any atom is 0.192 e. The summed E-state index contributed by atoms with van der Waals surface area (Å²) < 4.78 is 17.7. The lowest BCUT2D eigenvalue weighted by atomic mass is 10.2. The predicted octanol–water partition coefficient (Wildman–Crippen LogP) is 4.17. The molecule has 1 aromatic carbocycles. The van der Waals surface area contributed by atoms with Crippen LogP contribution in [0, 0.1) is 0 Å². The number of likely N-dealkylation sites (N-methyl/N-ethyl adjacent to an activating group) is 1. The van der Waals surface area contributed by atoms with Gasteiger partial charge in [0.25, 0.3) is 0 Å². The van der Waals surface area contributed by atoms with Gasteiger partial charge in [-0.2, -0.15) is 0 Å². The molecule has 0 unspecified atom stereocenters. The van der Waals surface area contributed by atoms with Crippen LogP contribution in [-0.4, -0.2) is 52.7 Å². The molecule has 136 valence electrons. The molecule has 0 aromatic heterocycles. The lowest BCUT2D eigenvalue weighted by Crippen LogP contribution is -2.44. The van der Waals surface area contributed by atoms with Crippen LogP contribution in [0.5, 0.6) is 11.5 Å². The van der Waals surface area contributed by atoms with E-state index in [1.54, 1.807) is 7.11 Å². The number of benzene rings is 1. The van der Waals surface area contributed by atoms with E-state index in [0.717, 1.165) is 24.5 Å². The number of rotatable bonds is 6. The molecule has 0 saturated carbocycles. The van der Waals surface area contributed by atoms with Gasteiger partial charge in [0.1, 0.15) is 18.1 Å². The van der Waals surface area contributed by atoms with E-state index < -0.39 is 8.32 Å². The van der Waals surface area contributed by atoms with E-state index in [1.807, 2.05) is 24.3 Å². The SMILES string of the molecule is COc1ccc(OC[C@H]2C[C@H](O[Si](C)(C)C(C)(C)C)CN2C)cc1. The smallest absolute Gasteiger partial charge is 0.192 e. The number of ether oxygens (including phenoxy) is 2. The predicted molar refractivity (Wildman–Crippen MR) is 102 cm³/mol. The fourth-order valence-electron chi connectivity index (χ4n) is 2.77. The fraction of sp³-hybridized carbons (Fsp3) is 0.684. The van der Waals surface area contributed by atoms with Crippen molar-refractivity contribution in [3.8, 4) is 11.5 Å². The van der Waals surface area contributed by atoms with Gasteiger partial charge in [-0.1, -0.05) is 20.8 Å². The van der Waals surface area contributed by atoms with Gasteiger partial charge in [-0.05, 0) is 55.9 Å². The zero-order valence-corrected chi connectivity index (χ0v) is 17.3. The number of hydrogen-bond donors (Lipinski definition) is 0. The van der Waals surface area contributed by atoms with Crippen molar-refractivity contribution in [3.05, 3.63) is 24.3 Å². The molecule has 0 bridgehead atoms. The third kappa shape index (κ3) is 4.74. The van der Waals surface area contributed by atoms with E-state index in [2.05, 4.69) is 45.8 Å². The molecule has 1 saturated heterocycles. The van der Waals surface area contributed by atoms with Crippen molar-refractivity contribution in [2.75, 3.05) is 27.3 Å². The molecule has 4 nitrogen and oxygen atoms in total. The standard InChI is InChI=1S/C19H33NO3Si/c1-19(2,3)24(6,7)23-18-12-15(20(4)13-18)14-22-17-10-8-16(21-5)9-11-17/h8-11,15,18H,12-14H2,1-7H3/t15-,18+/m1/s1. The Balaban J connectivity index is 1.87. The Morgan fingerprint density at radius 2 is 1.71 bits per heavy atom. The molecule has 0 amide bonds. The number of methoxy groups -OCH3 is 1. The number of likely N-dealkylation sites (tertiary alicyclic amines) is 1. The first-order valence-electron chi connectivity index (χ1n) is 8.77. The maximum absolute atomic E-state index is 6.57. The highest BCUT2D eigenvalue weighted by Crippen LogP contribution is 2.38. The van der Waals surface area contributed by atoms with Crippen molar-refractivity contribution in [3.63, 3.8) is 0 Å². The van der Waals surface area contributed by atoms with Crippen LogP contribution >= 0.6 is 0 Å². The van der Waals surface area contributed by atoms with Crippen LogP contribution in [0.2, 0.25) is 18.1 Å². The van der Waals surface area contributed by atoms with Gasteiger partial charge < -0.3 is 13.9 Å². The van der Waals surface area contributed by atoms with Gasteiger partial charge in [0, 0.05) is 12.6 Å². The van der Waals surface area contributed by atoms with Crippen LogP contribution in [0.25, 0.3) is 0 Å². The second kappa shape index (κ2) is 7.46. The van der Waals surface area contributed by atoms with Crippen LogP contribution in [0.3, 0.4) is 0 Å². The van der Waals surface area contributed by atoms with Crippen molar-refractivity contribution >= 4 is 8.32 Å². The summed E-state index contributed by atoms with van der Waals surface area (Å²) in [5.41, 5.74) is 0. The van der Waals surface area contributed by atoms with E-state index >= 15 is 0 Å². The summed E-state index contributed by atoms with van der Waals surface area (Å²) in [6, 6.07) is 8.17. The molecule has 2 atom stereocenters. The van der Waals surface area contributed by atoms with Gasteiger partial charge >= 0.3 is 0 Å². The van der Waals surface area contributed by atoms with Gasteiger partial charge in [-0.25, -0.2) is 0 Å². The van der Waals surface area contributed by atoms with Crippen molar-refractivity contribution < 1.29 is 13.9 Å². The van der Waals surface area contributed by atoms with Gasteiger partial charge in [0.2, 0.25) is 0 Å². The van der Waals surface area contributed by atoms with Crippen molar-refractivity contribution in [1.82, 2.24) is 4.90 Å². The second-order valence-electron chi connectivity index (χ2n) is 8.32. The Labute approximate surface area is 148 Å². The molecular weight excluding hydrogens is 318 g/mol. The quantitative estimate of drug-likeness (QED) is 0.720. The molecule has 1 aliphatic heterocycles. The highest BCUT2D eigenvalue weighted by Gasteiger charge is 2.41. The molecule has 0 aliphatic carbocycles. The van der Waals surface area contributed by atoms with Crippen LogP contribution < -0.4 is 9.47 Å². The topological polar surface area (TPSA) is 30.9 Å². The van der Waals surface area contributed by atoms with Gasteiger partial charge in [0.15, 0.2) is 8.32 Å². The zero-order chi connectivity index (χ0) is 18.0. The molecule has 5 heteroatoms. The summed E-state index contributed by atoms with van der Waals surface area (Å²) in [6.07, 6.45) is 1.36. The lowest BCUT2D eigenvalue weighted by Gasteiger charge is -2.38. The second-order valence-corrected chi connectivity index (χ2v) is 13.1. The summed E-state index contributed by atoms with van der Waals surface area (Å²) in [5.74, 6) is 1.74. The van der Waals surface area contributed by atoms with Gasteiger partial charge in [-0.3, -0.25) is 4.90 Å². The normalized spacial score (nSPS) is 22.6. The Morgan fingerprint density at radius 3 is 2.25 bits per heavy atom. The van der Waals surface area contributed by atoms with Gasteiger partial charge in [0.05, 0.1) is 13.2 Å². The summed E-state index contributed by atoms with van der Waals surface area (Å²) in [5, 5.41) is 0.253. The van der Waals surface area contributed by atoms with Gasteiger partial charge in [-0.15, -0.1) is 0 Å². The Hall–Kier alpha value is -1.04. The van der Waals surface area contributed by atoms with E-state index in [1.165, 1.54) is 0 Å². The minimum Gasteiger partial charge on any atom is -0.497 e. The maximum atomic E-state index is 6.57. The van der Waals surface area contributed by atoms with Crippen molar-refractivity contribution in [2.24, 2.45) is 0 Å². The Bertz CT molecular complexity index is 524. The van der Waals surface area contributed by atoms with E-state index in [0.29, 0.717) is 18.8 Å². The van der Waals surface area contributed by atoms with Crippen molar-refractivity contribution in [2.45, 2.75) is 57.5 Å². The third-order valence-corrected chi connectivity index (χ3v) is 9.95. The van der Waals surface area contributed by atoms with Crippen molar-refractivity contribution in [1.29, 1.82) is 0 Å². The molecule has 0 N–H and O–H groups in total. The first kappa shape index (κ1) is 19.3. The third-order valence-electron chi connectivity index (χ3n) is 5.42.